The number of hydrogen-bond donors (Lipinski definition) is 1. The average molecular weight is 347 g/mol. The molecule has 0 aromatic heterocycles. The number of para-hydroxylation sites is 1. The molecule has 3 nitrogen and oxygen atoms in total. The lowest BCUT2D eigenvalue weighted by Crippen LogP contribution is -2.36. The largest absolute Gasteiger partial charge is 0.491 e. The Morgan fingerprint density at radius 3 is 2.58 bits per heavy atom. The molecule has 0 radical (unpaired) electrons. The minimum absolute atomic E-state index is 0.0328. The van der Waals surface area contributed by atoms with Gasteiger partial charge < -0.3 is 10.1 Å². The van der Waals surface area contributed by atoms with E-state index in [1.54, 1.807) is 0 Å². The molecule has 0 spiro atoms. The first-order chi connectivity index (χ1) is 12.6. The van der Waals surface area contributed by atoms with E-state index in [2.05, 4.69) is 29.6 Å². The Morgan fingerprint density at radius 2 is 1.73 bits per heavy atom. The molecule has 0 saturated heterocycles. The molecule has 3 rings (SSSR count). The van der Waals surface area contributed by atoms with Crippen LogP contribution in [0.25, 0.3) is 10.8 Å². The van der Waals surface area contributed by atoms with Crippen LogP contribution in [0.1, 0.15) is 24.5 Å². The molecular weight excluding hydrogens is 322 g/mol. The molecule has 1 unspecified atom stereocenters. The maximum absolute atomic E-state index is 12.3. The van der Waals surface area contributed by atoms with Crippen molar-refractivity contribution in [3.63, 3.8) is 0 Å². The Bertz CT molecular complexity index is 883. The van der Waals surface area contributed by atoms with Crippen LogP contribution in [0, 0.1) is 6.92 Å². The van der Waals surface area contributed by atoms with Crippen LogP contribution in [0.3, 0.4) is 0 Å². The van der Waals surface area contributed by atoms with Gasteiger partial charge in [0, 0.05) is 6.42 Å². The van der Waals surface area contributed by atoms with E-state index in [9.17, 15) is 4.79 Å². The second-order valence-corrected chi connectivity index (χ2v) is 6.68. The summed E-state index contributed by atoms with van der Waals surface area (Å²) in [5.41, 5.74) is 2.31. The van der Waals surface area contributed by atoms with Gasteiger partial charge in [0.15, 0.2) is 0 Å². The van der Waals surface area contributed by atoms with Gasteiger partial charge in [-0.05, 0) is 48.2 Å². The number of fused-ring (bicyclic) bond motifs is 1. The van der Waals surface area contributed by atoms with Crippen molar-refractivity contribution in [1.29, 1.82) is 0 Å². The smallest absolute Gasteiger partial charge is 0.220 e. The third kappa shape index (κ3) is 4.63. The molecule has 1 amide bonds. The molecule has 3 aromatic carbocycles. The van der Waals surface area contributed by atoms with Crippen molar-refractivity contribution in [2.24, 2.45) is 0 Å². The molecular formula is C23H25NO2. The number of benzene rings is 3. The molecule has 0 heterocycles. The van der Waals surface area contributed by atoms with Crippen LogP contribution in [-0.4, -0.2) is 18.6 Å². The van der Waals surface area contributed by atoms with E-state index in [0.29, 0.717) is 13.0 Å². The predicted molar refractivity (Wildman–Crippen MR) is 107 cm³/mol. The highest BCUT2D eigenvalue weighted by Gasteiger charge is 2.10. The van der Waals surface area contributed by atoms with Crippen LogP contribution >= 0.6 is 0 Å². The van der Waals surface area contributed by atoms with E-state index in [1.165, 1.54) is 16.3 Å². The summed E-state index contributed by atoms with van der Waals surface area (Å²) in [7, 11) is 0. The van der Waals surface area contributed by atoms with Crippen LogP contribution in [0.15, 0.2) is 66.7 Å². The van der Waals surface area contributed by atoms with Gasteiger partial charge in [-0.2, -0.15) is 0 Å². The first-order valence-electron chi connectivity index (χ1n) is 9.08. The highest BCUT2D eigenvalue weighted by atomic mass is 16.5. The minimum Gasteiger partial charge on any atom is -0.491 e. The Labute approximate surface area is 155 Å². The normalized spacial score (nSPS) is 11.9. The maximum Gasteiger partial charge on any atom is 0.220 e. The van der Waals surface area contributed by atoms with Crippen LogP contribution in [-0.2, 0) is 11.2 Å². The van der Waals surface area contributed by atoms with Gasteiger partial charge in [0.05, 0.1) is 6.04 Å². The Hall–Kier alpha value is -2.81. The van der Waals surface area contributed by atoms with Gasteiger partial charge in [0.2, 0.25) is 5.91 Å². The Balaban J connectivity index is 1.50. The van der Waals surface area contributed by atoms with E-state index in [1.807, 2.05) is 56.3 Å². The third-order valence-electron chi connectivity index (χ3n) is 4.49. The molecule has 0 bridgehead atoms. The van der Waals surface area contributed by atoms with Gasteiger partial charge in [-0.25, -0.2) is 0 Å². The lowest BCUT2D eigenvalue weighted by molar-refractivity contribution is -0.121. The first kappa shape index (κ1) is 18.0. The minimum atomic E-state index is -0.0328. The van der Waals surface area contributed by atoms with E-state index in [4.69, 9.17) is 4.74 Å². The van der Waals surface area contributed by atoms with Crippen LogP contribution in [0.2, 0.25) is 0 Å². The Kier molecular flexibility index (Phi) is 5.90. The molecule has 0 fully saturated rings. The van der Waals surface area contributed by atoms with E-state index < -0.39 is 0 Å². The predicted octanol–water partition coefficient (Wildman–Crippen LogP) is 4.66. The first-order valence-corrected chi connectivity index (χ1v) is 9.08. The summed E-state index contributed by atoms with van der Waals surface area (Å²) < 4.78 is 5.81. The summed E-state index contributed by atoms with van der Waals surface area (Å²) in [6.45, 7) is 4.45. The van der Waals surface area contributed by atoms with Crippen molar-refractivity contribution in [1.82, 2.24) is 5.32 Å². The maximum atomic E-state index is 12.3. The number of amides is 1. The highest BCUT2D eigenvalue weighted by molar-refractivity contribution is 5.86. The summed E-state index contributed by atoms with van der Waals surface area (Å²) in [6, 6.07) is 22.4. The molecule has 0 saturated carbocycles. The summed E-state index contributed by atoms with van der Waals surface area (Å²) in [5.74, 6) is 0.920. The number of rotatable bonds is 7. The highest BCUT2D eigenvalue weighted by Crippen LogP contribution is 2.20. The van der Waals surface area contributed by atoms with Gasteiger partial charge in [-0.1, -0.05) is 60.7 Å². The van der Waals surface area contributed by atoms with E-state index in [0.717, 1.165) is 17.7 Å². The van der Waals surface area contributed by atoms with Crippen molar-refractivity contribution in [3.8, 4) is 5.75 Å². The summed E-state index contributed by atoms with van der Waals surface area (Å²) in [4.78, 5) is 12.3. The van der Waals surface area contributed by atoms with Crippen LogP contribution < -0.4 is 10.1 Å². The number of carbonyl (C=O) groups is 1. The third-order valence-corrected chi connectivity index (χ3v) is 4.49. The molecule has 134 valence electrons. The number of ether oxygens (including phenoxy) is 1. The zero-order chi connectivity index (χ0) is 18.4. The number of hydrogen-bond acceptors (Lipinski definition) is 2. The zero-order valence-electron chi connectivity index (χ0n) is 15.4. The second kappa shape index (κ2) is 8.52. The molecule has 0 aliphatic heterocycles. The van der Waals surface area contributed by atoms with Crippen LogP contribution in [0.5, 0.6) is 5.75 Å². The lowest BCUT2D eigenvalue weighted by Gasteiger charge is -2.16. The lowest BCUT2D eigenvalue weighted by atomic mass is 10.0. The zero-order valence-corrected chi connectivity index (χ0v) is 15.4. The van der Waals surface area contributed by atoms with Crippen LogP contribution in [0.4, 0.5) is 0 Å². The number of aryl methyl sites for hydroxylation is 2. The van der Waals surface area contributed by atoms with Gasteiger partial charge in [-0.15, -0.1) is 0 Å². The summed E-state index contributed by atoms with van der Waals surface area (Å²) in [5, 5.41) is 5.46. The van der Waals surface area contributed by atoms with Gasteiger partial charge in [-0.3, -0.25) is 4.79 Å². The summed E-state index contributed by atoms with van der Waals surface area (Å²) in [6.07, 6.45) is 1.21. The second-order valence-electron chi connectivity index (χ2n) is 6.68. The topological polar surface area (TPSA) is 38.3 Å². The standard InChI is InChI=1S/C23H25NO2/c1-17-8-3-6-13-22(17)26-16-18(2)24-23(25)15-14-20-11-7-10-19-9-4-5-12-21(19)20/h3-13,18H,14-16H2,1-2H3,(H,24,25). The molecule has 0 aliphatic carbocycles. The van der Waals surface area contributed by atoms with Crippen molar-refractivity contribution >= 4 is 16.7 Å². The molecule has 0 aliphatic rings. The van der Waals surface area contributed by atoms with Crippen molar-refractivity contribution in [2.45, 2.75) is 32.7 Å². The van der Waals surface area contributed by atoms with E-state index >= 15 is 0 Å². The molecule has 1 N–H and O–H groups in total. The number of carbonyl (C=O) groups excluding carboxylic acids is 1. The van der Waals surface area contributed by atoms with E-state index in [-0.39, 0.29) is 11.9 Å². The number of nitrogens with one attached hydrogen (secondary N) is 1. The Morgan fingerprint density at radius 1 is 1.00 bits per heavy atom. The fourth-order valence-electron chi connectivity index (χ4n) is 3.08. The molecule has 26 heavy (non-hydrogen) atoms. The molecule has 3 heteroatoms. The van der Waals surface area contributed by atoms with Gasteiger partial charge in [0.1, 0.15) is 12.4 Å². The van der Waals surface area contributed by atoms with Gasteiger partial charge >= 0.3 is 0 Å². The van der Waals surface area contributed by atoms with Gasteiger partial charge in [0.25, 0.3) is 0 Å². The fraction of sp³-hybridized carbons (Fsp3) is 0.261. The quantitative estimate of drug-likeness (QED) is 0.675. The monoisotopic (exact) mass is 347 g/mol. The molecule has 1 atom stereocenters. The molecule has 3 aromatic rings. The van der Waals surface area contributed by atoms with Crippen molar-refractivity contribution < 1.29 is 9.53 Å². The fourth-order valence-corrected chi connectivity index (χ4v) is 3.08. The van der Waals surface area contributed by atoms with Crippen molar-refractivity contribution in [2.75, 3.05) is 6.61 Å². The SMILES string of the molecule is Cc1ccccc1OCC(C)NC(=O)CCc1cccc2ccccc12. The van der Waals surface area contributed by atoms with Crippen molar-refractivity contribution in [3.05, 3.63) is 77.9 Å². The average Bonchev–Trinajstić information content (AvgIpc) is 2.65. The summed E-state index contributed by atoms with van der Waals surface area (Å²) >= 11 is 0.